The molecule has 0 amide bonds. The van der Waals surface area contributed by atoms with Crippen molar-refractivity contribution in [2.24, 2.45) is 0 Å². The Morgan fingerprint density at radius 3 is 2.78 bits per heavy atom. The molecule has 0 aliphatic carbocycles. The second-order valence-corrected chi connectivity index (χ2v) is 2.29. The number of hydrogen-bond acceptors (Lipinski definition) is 2. The van der Waals surface area contributed by atoms with Crippen LogP contribution >= 0.6 is 27.7 Å². The van der Waals surface area contributed by atoms with Gasteiger partial charge in [-0.05, 0) is 12.1 Å². The number of nitrogens with zero attached hydrogens (tertiary/aromatic N) is 1. The summed E-state index contributed by atoms with van der Waals surface area (Å²) < 4.78 is 2.70. The largest absolute Gasteiger partial charge is 0.307 e. The maximum Gasteiger partial charge on any atom is 0.135 e. The lowest BCUT2D eigenvalue weighted by Crippen LogP contribution is -1.81. The normalized spacial score (nSPS) is 9.11. The number of aromatic nitrogens is 1. The van der Waals surface area contributed by atoms with Crippen LogP contribution in [0.4, 0.5) is 5.82 Å². The zero-order chi connectivity index (χ0) is 6.69. The zero-order valence-electron chi connectivity index (χ0n) is 4.44. The number of halogens is 2. The van der Waals surface area contributed by atoms with Gasteiger partial charge in [0.25, 0.3) is 0 Å². The standard InChI is InChI=1S/C5H4BrClN2/c6-9-5-2-1-4(7)3-8-5/h1-3H,(H,8,9). The Kier molecular flexibility index (Phi) is 2.30. The first-order valence-corrected chi connectivity index (χ1v) is 3.48. The van der Waals surface area contributed by atoms with Crippen LogP contribution in [0.25, 0.3) is 0 Å². The van der Waals surface area contributed by atoms with E-state index in [0.717, 1.165) is 5.82 Å². The maximum absolute atomic E-state index is 5.56. The summed E-state index contributed by atoms with van der Waals surface area (Å²) in [5.41, 5.74) is 0. The number of nitrogens with one attached hydrogen (secondary N) is 1. The van der Waals surface area contributed by atoms with E-state index < -0.39 is 0 Å². The van der Waals surface area contributed by atoms with Crippen LogP contribution in [0.1, 0.15) is 0 Å². The molecule has 1 aromatic rings. The fourth-order valence-electron chi connectivity index (χ4n) is 0.432. The molecule has 0 bridgehead atoms. The van der Waals surface area contributed by atoms with Crippen LogP contribution in [0, 0.1) is 0 Å². The fraction of sp³-hybridized carbons (Fsp3) is 0. The first kappa shape index (κ1) is 6.83. The van der Waals surface area contributed by atoms with E-state index in [-0.39, 0.29) is 0 Å². The monoisotopic (exact) mass is 206 g/mol. The van der Waals surface area contributed by atoms with Gasteiger partial charge in [-0.2, -0.15) is 0 Å². The quantitative estimate of drug-likeness (QED) is 0.716. The lowest BCUT2D eigenvalue weighted by molar-refractivity contribution is 1.34. The number of rotatable bonds is 1. The zero-order valence-corrected chi connectivity index (χ0v) is 6.78. The molecule has 0 saturated heterocycles. The van der Waals surface area contributed by atoms with Crippen LogP contribution in [-0.2, 0) is 0 Å². The van der Waals surface area contributed by atoms with E-state index in [2.05, 4.69) is 25.5 Å². The smallest absolute Gasteiger partial charge is 0.135 e. The van der Waals surface area contributed by atoms with Gasteiger partial charge >= 0.3 is 0 Å². The van der Waals surface area contributed by atoms with Crippen molar-refractivity contribution in [2.45, 2.75) is 0 Å². The van der Waals surface area contributed by atoms with Gasteiger partial charge in [-0.1, -0.05) is 11.6 Å². The molecule has 0 saturated carbocycles. The van der Waals surface area contributed by atoms with Crippen molar-refractivity contribution >= 4 is 33.6 Å². The highest BCUT2D eigenvalue weighted by Crippen LogP contribution is 2.09. The minimum absolute atomic E-state index is 0.640. The minimum atomic E-state index is 0.640. The molecular formula is C5H4BrClN2. The highest BCUT2D eigenvalue weighted by atomic mass is 79.9. The predicted octanol–water partition coefficient (Wildman–Crippen LogP) is 2.46. The van der Waals surface area contributed by atoms with Crippen LogP contribution in [0.15, 0.2) is 18.3 Å². The summed E-state index contributed by atoms with van der Waals surface area (Å²) in [6, 6.07) is 3.54. The first-order valence-electron chi connectivity index (χ1n) is 2.31. The Bertz CT molecular complexity index is 187. The maximum atomic E-state index is 5.56. The van der Waals surface area contributed by atoms with Gasteiger partial charge in [-0.3, -0.25) is 0 Å². The Balaban J connectivity index is 2.88. The van der Waals surface area contributed by atoms with E-state index in [9.17, 15) is 0 Å². The van der Waals surface area contributed by atoms with Gasteiger partial charge < -0.3 is 4.34 Å². The summed E-state index contributed by atoms with van der Waals surface area (Å²) in [4.78, 5) is 3.91. The van der Waals surface area contributed by atoms with Crippen molar-refractivity contribution in [2.75, 3.05) is 4.34 Å². The molecule has 0 atom stereocenters. The lowest BCUT2D eigenvalue weighted by Gasteiger charge is -1.93. The van der Waals surface area contributed by atoms with Crippen LogP contribution in [-0.4, -0.2) is 4.98 Å². The van der Waals surface area contributed by atoms with E-state index in [1.54, 1.807) is 18.3 Å². The average molecular weight is 207 g/mol. The average Bonchev–Trinajstić information content (AvgIpc) is 1.90. The highest BCUT2D eigenvalue weighted by molar-refractivity contribution is 9.10. The van der Waals surface area contributed by atoms with Gasteiger partial charge in [0.1, 0.15) is 5.82 Å². The van der Waals surface area contributed by atoms with Crippen molar-refractivity contribution in [3.63, 3.8) is 0 Å². The second kappa shape index (κ2) is 3.03. The predicted molar refractivity (Wildman–Crippen MR) is 41.8 cm³/mol. The SMILES string of the molecule is Clc1ccc(NBr)nc1. The molecule has 1 heterocycles. The Morgan fingerprint density at radius 2 is 2.33 bits per heavy atom. The first-order chi connectivity index (χ1) is 4.33. The molecular weight excluding hydrogens is 203 g/mol. The molecule has 0 aliphatic heterocycles. The minimum Gasteiger partial charge on any atom is -0.307 e. The van der Waals surface area contributed by atoms with Crippen LogP contribution < -0.4 is 4.34 Å². The molecule has 9 heavy (non-hydrogen) atoms. The number of hydrogen-bond donors (Lipinski definition) is 1. The molecule has 0 aromatic carbocycles. The summed E-state index contributed by atoms with van der Waals surface area (Å²) in [5.74, 6) is 0.749. The molecule has 0 aliphatic rings. The van der Waals surface area contributed by atoms with Gasteiger partial charge in [0, 0.05) is 22.3 Å². The summed E-state index contributed by atoms with van der Waals surface area (Å²) >= 11 is 8.59. The van der Waals surface area contributed by atoms with E-state index >= 15 is 0 Å². The second-order valence-electron chi connectivity index (χ2n) is 1.46. The van der Waals surface area contributed by atoms with E-state index in [0.29, 0.717) is 5.02 Å². The molecule has 1 N–H and O–H groups in total. The molecule has 1 rings (SSSR count). The van der Waals surface area contributed by atoms with Crippen molar-refractivity contribution < 1.29 is 0 Å². The van der Waals surface area contributed by atoms with Gasteiger partial charge in [-0.25, -0.2) is 4.98 Å². The molecule has 48 valence electrons. The Labute approximate surface area is 66.6 Å². The van der Waals surface area contributed by atoms with Gasteiger partial charge in [0.2, 0.25) is 0 Å². The molecule has 1 aromatic heterocycles. The van der Waals surface area contributed by atoms with Crippen molar-refractivity contribution in [3.05, 3.63) is 23.4 Å². The van der Waals surface area contributed by atoms with Crippen molar-refractivity contribution in [1.29, 1.82) is 0 Å². The Hall–Kier alpha value is -0.280. The molecule has 2 nitrogen and oxygen atoms in total. The van der Waals surface area contributed by atoms with E-state index in [1.807, 2.05) is 0 Å². The summed E-state index contributed by atoms with van der Waals surface area (Å²) in [6.45, 7) is 0. The van der Waals surface area contributed by atoms with Gasteiger partial charge in [0.05, 0.1) is 5.02 Å². The van der Waals surface area contributed by atoms with Gasteiger partial charge in [-0.15, -0.1) is 0 Å². The number of anilines is 1. The third-order valence-corrected chi connectivity index (χ3v) is 1.45. The third kappa shape index (κ3) is 1.84. The van der Waals surface area contributed by atoms with E-state index in [1.165, 1.54) is 0 Å². The van der Waals surface area contributed by atoms with Crippen LogP contribution in [0.2, 0.25) is 5.02 Å². The van der Waals surface area contributed by atoms with Crippen LogP contribution in [0.3, 0.4) is 0 Å². The molecule has 0 unspecified atom stereocenters. The van der Waals surface area contributed by atoms with Crippen LogP contribution in [0.5, 0.6) is 0 Å². The van der Waals surface area contributed by atoms with E-state index in [4.69, 9.17) is 11.6 Å². The number of pyridine rings is 1. The summed E-state index contributed by atoms with van der Waals surface area (Å²) in [5, 5.41) is 0.640. The highest BCUT2D eigenvalue weighted by Gasteiger charge is 1.87. The summed E-state index contributed by atoms with van der Waals surface area (Å²) in [7, 11) is 0. The third-order valence-electron chi connectivity index (χ3n) is 0.824. The van der Waals surface area contributed by atoms with Crippen molar-refractivity contribution in [1.82, 2.24) is 4.98 Å². The summed E-state index contributed by atoms with van der Waals surface area (Å²) in [6.07, 6.45) is 1.57. The fourth-order valence-corrected chi connectivity index (χ4v) is 0.778. The molecule has 0 fully saturated rings. The topological polar surface area (TPSA) is 24.9 Å². The lowest BCUT2D eigenvalue weighted by atomic mass is 10.5. The molecule has 0 radical (unpaired) electrons. The Morgan fingerprint density at radius 1 is 1.56 bits per heavy atom. The molecule has 4 heteroatoms. The van der Waals surface area contributed by atoms with Gasteiger partial charge in [0.15, 0.2) is 0 Å². The molecule has 0 spiro atoms. The van der Waals surface area contributed by atoms with Crippen molar-refractivity contribution in [3.8, 4) is 0 Å².